The van der Waals surface area contributed by atoms with E-state index in [0.29, 0.717) is 6.07 Å². The Morgan fingerprint density at radius 2 is 2.06 bits per heavy atom. The summed E-state index contributed by atoms with van der Waals surface area (Å²) in [5, 5.41) is 2.49. The smallest absolute Gasteiger partial charge is 0.157 e. The van der Waals surface area contributed by atoms with Gasteiger partial charge in [-0.1, -0.05) is 11.6 Å². The normalized spacial score (nSPS) is 10.3. The monoisotopic (exact) mass is 256 g/mol. The van der Waals surface area contributed by atoms with Gasteiger partial charge < -0.3 is 11.1 Å². The average molecular weight is 257 g/mol. The molecule has 0 aliphatic carbocycles. The quantitative estimate of drug-likeness (QED) is 0.867. The number of benzene rings is 1. The Hall–Kier alpha value is -1.95. The Labute approximate surface area is 100 Å². The molecule has 1 aromatic heterocycles. The summed E-state index contributed by atoms with van der Waals surface area (Å²) in [4.78, 5) is 7.49. The molecule has 0 amide bonds. The van der Waals surface area contributed by atoms with Crippen LogP contribution in [0.15, 0.2) is 24.7 Å². The molecule has 1 heterocycles. The van der Waals surface area contributed by atoms with Crippen LogP contribution in [0.2, 0.25) is 5.02 Å². The van der Waals surface area contributed by atoms with E-state index in [2.05, 4.69) is 15.3 Å². The molecule has 0 unspecified atom stereocenters. The third-order valence-corrected chi connectivity index (χ3v) is 2.29. The maximum absolute atomic E-state index is 13.5. The fraction of sp³-hybridized carbons (Fsp3) is 0. The van der Waals surface area contributed by atoms with Gasteiger partial charge >= 0.3 is 0 Å². The van der Waals surface area contributed by atoms with E-state index < -0.39 is 11.6 Å². The number of nitrogen functional groups attached to an aromatic ring is 1. The molecule has 0 atom stereocenters. The highest BCUT2D eigenvalue weighted by molar-refractivity contribution is 6.33. The van der Waals surface area contributed by atoms with Crippen molar-refractivity contribution in [3.63, 3.8) is 0 Å². The zero-order chi connectivity index (χ0) is 12.4. The average Bonchev–Trinajstić information content (AvgIpc) is 2.25. The van der Waals surface area contributed by atoms with E-state index in [1.54, 1.807) is 0 Å². The molecule has 7 heteroatoms. The first-order chi connectivity index (χ1) is 8.08. The van der Waals surface area contributed by atoms with Gasteiger partial charge in [0.25, 0.3) is 0 Å². The number of nitrogens with zero attached hydrogens (tertiary/aromatic N) is 2. The Morgan fingerprint density at radius 3 is 2.71 bits per heavy atom. The van der Waals surface area contributed by atoms with E-state index >= 15 is 0 Å². The van der Waals surface area contributed by atoms with Gasteiger partial charge in [-0.05, 0) is 6.07 Å². The van der Waals surface area contributed by atoms with Gasteiger partial charge in [-0.25, -0.2) is 18.7 Å². The summed E-state index contributed by atoms with van der Waals surface area (Å²) >= 11 is 5.71. The minimum Gasteiger partial charge on any atom is -0.394 e. The minimum absolute atomic E-state index is 0.0848. The number of rotatable bonds is 2. The van der Waals surface area contributed by atoms with E-state index in [1.165, 1.54) is 12.5 Å². The molecule has 0 aliphatic heterocycles. The predicted molar refractivity (Wildman–Crippen MR) is 61.1 cm³/mol. The first-order valence-electron chi connectivity index (χ1n) is 4.55. The molecular formula is C10H7ClF2N4. The maximum Gasteiger partial charge on any atom is 0.157 e. The van der Waals surface area contributed by atoms with Crippen LogP contribution in [0.4, 0.5) is 26.0 Å². The fourth-order valence-corrected chi connectivity index (χ4v) is 1.47. The van der Waals surface area contributed by atoms with Gasteiger partial charge in [-0.2, -0.15) is 0 Å². The van der Waals surface area contributed by atoms with Crippen molar-refractivity contribution in [3.8, 4) is 0 Å². The summed E-state index contributed by atoms with van der Waals surface area (Å²) < 4.78 is 26.3. The van der Waals surface area contributed by atoms with E-state index in [9.17, 15) is 8.78 Å². The van der Waals surface area contributed by atoms with Crippen molar-refractivity contribution in [2.45, 2.75) is 0 Å². The molecule has 4 nitrogen and oxygen atoms in total. The standard InChI is InChI=1S/C10H7ClF2N4/c11-6-1-5(12)2-7(13)9(6)17-10-8(14)3-15-4-16-10/h1-4H,14H2,(H,15,16,17). The van der Waals surface area contributed by atoms with Crippen LogP contribution in [0.5, 0.6) is 0 Å². The summed E-state index contributed by atoms with van der Waals surface area (Å²) in [6, 6.07) is 1.70. The molecule has 1 aromatic carbocycles. The highest BCUT2D eigenvalue weighted by Gasteiger charge is 2.11. The molecular weight excluding hydrogens is 250 g/mol. The van der Waals surface area contributed by atoms with E-state index in [0.717, 1.165) is 6.07 Å². The van der Waals surface area contributed by atoms with Crippen molar-refractivity contribution in [1.29, 1.82) is 0 Å². The lowest BCUT2D eigenvalue weighted by atomic mass is 10.3. The molecule has 0 fully saturated rings. The number of anilines is 3. The number of nitrogens with one attached hydrogen (secondary N) is 1. The molecule has 3 N–H and O–H groups in total. The molecule has 88 valence electrons. The van der Waals surface area contributed by atoms with Crippen LogP contribution < -0.4 is 11.1 Å². The molecule has 2 aromatic rings. The fourth-order valence-electron chi connectivity index (χ4n) is 1.22. The van der Waals surface area contributed by atoms with Crippen molar-refractivity contribution >= 4 is 28.8 Å². The van der Waals surface area contributed by atoms with Gasteiger partial charge in [0.1, 0.15) is 12.1 Å². The highest BCUT2D eigenvalue weighted by Crippen LogP contribution is 2.30. The predicted octanol–water partition coefficient (Wildman–Crippen LogP) is 2.73. The molecule has 17 heavy (non-hydrogen) atoms. The third kappa shape index (κ3) is 2.42. The Balaban J connectivity index is 2.40. The first-order valence-corrected chi connectivity index (χ1v) is 4.93. The number of nitrogens with two attached hydrogens (primary N) is 1. The van der Waals surface area contributed by atoms with Gasteiger partial charge in [0.05, 0.1) is 22.6 Å². The van der Waals surface area contributed by atoms with Crippen molar-refractivity contribution in [2.24, 2.45) is 0 Å². The zero-order valence-electron chi connectivity index (χ0n) is 8.42. The second kappa shape index (κ2) is 4.50. The Kier molecular flexibility index (Phi) is 3.06. The van der Waals surface area contributed by atoms with Gasteiger partial charge in [0.2, 0.25) is 0 Å². The second-order valence-corrected chi connectivity index (χ2v) is 3.60. The molecule has 0 saturated heterocycles. The Morgan fingerprint density at radius 1 is 1.29 bits per heavy atom. The van der Waals surface area contributed by atoms with Crippen molar-refractivity contribution in [1.82, 2.24) is 9.97 Å². The summed E-state index contributed by atoms with van der Waals surface area (Å²) in [5.74, 6) is -1.38. The summed E-state index contributed by atoms with van der Waals surface area (Å²) in [5.41, 5.74) is 5.72. The largest absolute Gasteiger partial charge is 0.394 e. The maximum atomic E-state index is 13.5. The summed E-state index contributed by atoms with van der Waals surface area (Å²) in [7, 11) is 0. The molecule has 0 bridgehead atoms. The molecule has 0 radical (unpaired) electrons. The van der Waals surface area contributed by atoms with Crippen LogP contribution in [-0.2, 0) is 0 Å². The van der Waals surface area contributed by atoms with Gasteiger partial charge in [-0.15, -0.1) is 0 Å². The molecule has 0 spiro atoms. The molecule has 2 rings (SSSR count). The summed E-state index contributed by atoms with van der Waals surface area (Å²) in [6.45, 7) is 0. The second-order valence-electron chi connectivity index (χ2n) is 3.20. The highest BCUT2D eigenvalue weighted by atomic mass is 35.5. The van der Waals surface area contributed by atoms with Crippen LogP contribution in [0, 0.1) is 11.6 Å². The van der Waals surface area contributed by atoms with Gasteiger partial charge in [-0.3, -0.25) is 0 Å². The lowest BCUT2D eigenvalue weighted by molar-refractivity contribution is 0.586. The minimum atomic E-state index is -0.826. The van der Waals surface area contributed by atoms with Crippen molar-refractivity contribution in [2.75, 3.05) is 11.1 Å². The van der Waals surface area contributed by atoms with Crippen molar-refractivity contribution in [3.05, 3.63) is 41.3 Å². The van der Waals surface area contributed by atoms with E-state index in [-0.39, 0.29) is 22.2 Å². The lowest BCUT2D eigenvalue weighted by Crippen LogP contribution is -2.02. The third-order valence-electron chi connectivity index (χ3n) is 1.99. The van der Waals surface area contributed by atoms with Crippen LogP contribution >= 0.6 is 11.6 Å². The van der Waals surface area contributed by atoms with E-state index in [1.807, 2.05) is 0 Å². The number of halogens is 3. The number of hydrogen-bond acceptors (Lipinski definition) is 4. The SMILES string of the molecule is Nc1cncnc1Nc1c(F)cc(F)cc1Cl. The Bertz CT molecular complexity index is 539. The lowest BCUT2D eigenvalue weighted by Gasteiger charge is -2.10. The van der Waals surface area contributed by atoms with Crippen molar-refractivity contribution < 1.29 is 8.78 Å². The van der Waals surface area contributed by atoms with Crippen LogP contribution in [0.3, 0.4) is 0 Å². The molecule has 0 saturated carbocycles. The van der Waals surface area contributed by atoms with E-state index in [4.69, 9.17) is 17.3 Å². The van der Waals surface area contributed by atoms with Crippen LogP contribution in [-0.4, -0.2) is 9.97 Å². The van der Waals surface area contributed by atoms with Crippen LogP contribution in [0.25, 0.3) is 0 Å². The van der Waals surface area contributed by atoms with Gasteiger partial charge in [0.15, 0.2) is 11.6 Å². The molecule has 0 aliphatic rings. The van der Waals surface area contributed by atoms with Crippen LogP contribution in [0.1, 0.15) is 0 Å². The number of aromatic nitrogens is 2. The summed E-state index contributed by atoms with van der Waals surface area (Å²) in [6.07, 6.45) is 2.60. The zero-order valence-corrected chi connectivity index (χ0v) is 9.17. The number of hydrogen-bond donors (Lipinski definition) is 2. The topological polar surface area (TPSA) is 63.8 Å². The first kappa shape index (κ1) is 11.5. The van der Waals surface area contributed by atoms with Gasteiger partial charge in [0, 0.05) is 6.07 Å².